The molecule has 3 nitrogen and oxygen atoms in total. The number of benzene rings is 2. The number of rotatable bonds is 4. The minimum absolute atomic E-state index is 0.283. The van der Waals surface area contributed by atoms with Gasteiger partial charge in [0.25, 0.3) is 11.8 Å². The summed E-state index contributed by atoms with van der Waals surface area (Å²) in [6.07, 6.45) is 4.45. The Morgan fingerprint density at radius 2 is 1.35 bits per heavy atom. The Balaban J connectivity index is 2.24. The van der Waals surface area contributed by atoms with E-state index in [0.717, 1.165) is 24.0 Å². The minimum Gasteiger partial charge on any atom is -0.269 e. The largest absolute Gasteiger partial charge is 0.269 e. The molecule has 0 aliphatic carbocycles. The Morgan fingerprint density at radius 3 is 1.91 bits per heavy atom. The number of carbonyl (C=O) groups is 2. The maximum atomic E-state index is 12.1. The van der Waals surface area contributed by atoms with Crippen molar-refractivity contribution in [2.24, 2.45) is 0 Å². The average Bonchev–Trinajstić information content (AvgIpc) is 2.92. The molecule has 1 aliphatic rings. The molecule has 0 saturated heterocycles. The normalized spacial score (nSPS) is 13.9. The fourth-order valence-corrected chi connectivity index (χ4v) is 3.11. The third-order valence-electron chi connectivity index (χ3n) is 4.22. The first kappa shape index (κ1) is 15.2. The Morgan fingerprint density at radius 1 is 0.783 bits per heavy atom. The Bertz CT molecular complexity index is 765. The number of imide groups is 1. The third kappa shape index (κ3) is 2.59. The Kier molecular flexibility index (Phi) is 4.11. The molecule has 0 unspecified atom stereocenters. The maximum absolute atomic E-state index is 12.1. The highest BCUT2D eigenvalue weighted by Crippen LogP contribution is 2.37. The van der Waals surface area contributed by atoms with E-state index in [2.05, 4.69) is 32.0 Å². The topological polar surface area (TPSA) is 37.4 Å². The van der Waals surface area contributed by atoms with Crippen LogP contribution >= 0.6 is 0 Å². The van der Waals surface area contributed by atoms with Crippen LogP contribution in [0.15, 0.2) is 54.6 Å². The molecule has 23 heavy (non-hydrogen) atoms. The molecule has 0 aromatic heterocycles. The molecule has 0 saturated carbocycles. The van der Waals surface area contributed by atoms with Crippen LogP contribution in [0, 0.1) is 0 Å². The lowest BCUT2D eigenvalue weighted by atomic mass is 9.90. The molecule has 0 spiro atoms. The maximum Gasteiger partial charge on any atom is 0.258 e. The molecule has 2 aromatic rings. The summed E-state index contributed by atoms with van der Waals surface area (Å²) < 4.78 is 0. The van der Waals surface area contributed by atoms with E-state index in [1.807, 2.05) is 24.3 Å². The summed E-state index contributed by atoms with van der Waals surface area (Å²) in [7, 11) is 0. The second-order valence-electron chi connectivity index (χ2n) is 5.52. The van der Waals surface area contributed by atoms with Crippen LogP contribution in [0.2, 0.25) is 0 Å². The van der Waals surface area contributed by atoms with E-state index in [1.165, 1.54) is 28.2 Å². The first-order valence-electron chi connectivity index (χ1n) is 7.93. The zero-order chi connectivity index (χ0) is 16.4. The molecule has 0 N–H and O–H groups in total. The summed E-state index contributed by atoms with van der Waals surface area (Å²) >= 11 is 0. The summed E-state index contributed by atoms with van der Waals surface area (Å²) in [6.45, 7) is 4.24. The van der Waals surface area contributed by atoms with E-state index in [4.69, 9.17) is 0 Å². The summed E-state index contributed by atoms with van der Waals surface area (Å²) in [5, 5.41) is 0. The van der Waals surface area contributed by atoms with Gasteiger partial charge in [-0.05, 0) is 35.6 Å². The van der Waals surface area contributed by atoms with Crippen LogP contribution in [-0.2, 0) is 22.4 Å². The lowest BCUT2D eigenvalue weighted by Crippen LogP contribution is -2.30. The molecule has 0 bridgehead atoms. The standard InChI is InChI=1S/C20H19NO2/c1-3-14-8-7-9-15(4-2)20(14)16-10-5-6-11-17(16)21-18(22)12-13-19(21)23/h5-13H,3-4H2,1-2H3. The molecule has 1 aliphatic heterocycles. The van der Waals surface area contributed by atoms with Gasteiger partial charge in [0, 0.05) is 17.7 Å². The van der Waals surface area contributed by atoms with Crippen LogP contribution < -0.4 is 4.90 Å². The number of carbonyl (C=O) groups excluding carboxylic acids is 2. The summed E-state index contributed by atoms with van der Waals surface area (Å²) in [5.41, 5.74) is 5.18. The van der Waals surface area contributed by atoms with Gasteiger partial charge >= 0.3 is 0 Å². The van der Waals surface area contributed by atoms with E-state index in [0.29, 0.717) is 5.69 Å². The van der Waals surface area contributed by atoms with Crippen LogP contribution in [0.5, 0.6) is 0 Å². The van der Waals surface area contributed by atoms with Crippen molar-refractivity contribution in [3.63, 3.8) is 0 Å². The summed E-state index contributed by atoms with van der Waals surface area (Å²) in [5.74, 6) is -0.566. The minimum atomic E-state index is -0.283. The molecule has 2 amide bonds. The van der Waals surface area contributed by atoms with Gasteiger partial charge in [0.05, 0.1) is 5.69 Å². The number of nitrogens with zero attached hydrogens (tertiary/aromatic N) is 1. The molecule has 116 valence electrons. The van der Waals surface area contributed by atoms with Gasteiger partial charge in [0.2, 0.25) is 0 Å². The number of hydrogen-bond donors (Lipinski definition) is 0. The number of hydrogen-bond acceptors (Lipinski definition) is 2. The molecule has 0 atom stereocenters. The predicted molar refractivity (Wildman–Crippen MR) is 92.3 cm³/mol. The highest BCUT2D eigenvalue weighted by atomic mass is 16.2. The van der Waals surface area contributed by atoms with Gasteiger partial charge in [-0.3, -0.25) is 9.59 Å². The first-order chi connectivity index (χ1) is 11.2. The highest BCUT2D eigenvalue weighted by molar-refractivity contribution is 6.29. The van der Waals surface area contributed by atoms with Crippen molar-refractivity contribution in [1.29, 1.82) is 0 Å². The van der Waals surface area contributed by atoms with Crippen molar-refractivity contribution in [3.05, 3.63) is 65.7 Å². The third-order valence-corrected chi connectivity index (χ3v) is 4.22. The van der Waals surface area contributed by atoms with Gasteiger partial charge in [-0.25, -0.2) is 4.90 Å². The lowest BCUT2D eigenvalue weighted by Gasteiger charge is -2.21. The van der Waals surface area contributed by atoms with Crippen molar-refractivity contribution in [2.45, 2.75) is 26.7 Å². The SMILES string of the molecule is CCc1cccc(CC)c1-c1ccccc1N1C(=O)C=CC1=O. The van der Waals surface area contributed by atoms with Crippen molar-refractivity contribution >= 4 is 17.5 Å². The lowest BCUT2D eigenvalue weighted by molar-refractivity contribution is -0.119. The van der Waals surface area contributed by atoms with Gasteiger partial charge in [0.15, 0.2) is 0 Å². The van der Waals surface area contributed by atoms with Gasteiger partial charge in [0.1, 0.15) is 0 Å². The molecule has 2 aromatic carbocycles. The predicted octanol–water partition coefficient (Wildman–Crippen LogP) is 3.91. The molecule has 0 fully saturated rings. The van der Waals surface area contributed by atoms with Crippen molar-refractivity contribution < 1.29 is 9.59 Å². The number of anilines is 1. The van der Waals surface area contributed by atoms with Crippen molar-refractivity contribution in [1.82, 2.24) is 0 Å². The molecule has 0 radical (unpaired) electrons. The van der Waals surface area contributed by atoms with Gasteiger partial charge < -0.3 is 0 Å². The number of aryl methyl sites for hydroxylation is 2. The van der Waals surface area contributed by atoms with Crippen LogP contribution in [0.25, 0.3) is 11.1 Å². The highest BCUT2D eigenvalue weighted by Gasteiger charge is 2.28. The smallest absolute Gasteiger partial charge is 0.258 e. The van der Waals surface area contributed by atoms with Gasteiger partial charge in [-0.2, -0.15) is 0 Å². The monoisotopic (exact) mass is 305 g/mol. The second-order valence-corrected chi connectivity index (χ2v) is 5.52. The molecular weight excluding hydrogens is 286 g/mol. The molecule has 3 heteroatoms. The fourth-order valence-electron chi connectivity index (χ4n) is 3.11. The summed E-state index contributed by atoms with van der Waals surface area (Å²) in [6, 6.07) is 13.9. The Hall–Kier alpha value is -2.68. The second kappa shape index (κ2) is 6.21. The quantitative estimate of drug-likeness (QED) is 0.803. The van der Waals surface area contributed by atoms with Crippen molar-refractivity contribution in [3.8, 4) is 11.1 Å². The molecular formula is C20H19NO2. The van der Waals surface area contributed by atoms with Crippen LogP contribution in [0.4, 0.5) is 5.69 Å². The average molecular weight is 305 g/mol. The fraction of sp³-hybridized carbons (Fsp3) is 0.200. The van der Waals surface area contributed by atoms with E-state index >= 15 is 0 Å². The van der Waals surface area contributed by atoms with E-state index < -0.39 is 0 Å². The van der Waals surface area contributed by atoms with E-state index in [1.54, 1.807) is 0 Å². The van der Waals surface area contributed by atoms with E-state index in [9.17, 15) is 9.59 Å². The number of para-hydroxylation sites is 1. The number of amides is 2. The van der Waals surface area contributed by atoms with Crippen LogP contribution in [0.3, 0.4) is 0 Å². The molecule has 1 heterocycles. The zero-order valence-electron chi connectivity index (χ0n) is 13.4. The van der Waals surface area contributed by atoms with Crippen molar-refractivity contribution in [2.75, 3.05) is 4.90 Å². The van der Waals surface area contributed by atoms with Gasteiger partial charge in [-0.15, -0.1) is 0 Å². The van der Waals surface area contributed by atoms with Crippen LogP contribution in [0.1, 0.15) is 25.0 Å². The van der Waals surface area contributed by atoms with Gasteiger partial charge in [-0.1, -0.05) is 50.2 Å². The first-order valence-corrected chi connectivity index (χ1v) is 7.93. The Labute approximate surface area is 136 Å². The zero-order valence-corrected chi connectivity index (χ0v) is 13.4. The molecule has 3 rings (SSSR count). The van der Waals surface area contributed by atoms with E-state index in [-0.39, 0.29) is 11.8 Å². The summed E-state index contributed by atoms with van der Waals surface area (Å²) in [4.78, 5) is 25.4. The van der Waals surface area contributed by atoms with Crippen LogP contribution in [-0.4, -0.2) is 11.8 Å².